The molecule has 118 valence electrons. The number of aryl methyl sites for hydroxylation is 1. The highest BCUT2D eigenvalue weighted by Crippen LogP contribution is 2.23. The fraction of sp³-hybridized carbons (Fsp3) is 0.643. The van der Waals surface area contributed by atoms with Crippen LogP contribution in [0.2, 0.25) is 0 Å². The summed E-state index contributed by atoms with van der Waals surface area (Å²) in [4.78, 5) is 14.4. The number of aromatic nitrogens is 1. The minimum atomic E-state index is -3.82. The summed E-state index contributed by atoms with van der Waals surface area (Å²) in [5, 5.41) is 0. The van der Waals surface area contributed by atoms with Crippen molar-refractivity contribution in [3.8, 4) is 0 Å². The first-order valence-electron chi connectivity index (χ1n) is 7.27. The number of hydrogen-bond donors (Lipinski definition) is 0. The largest absolute Gasteiger partial charge is 0.342 e. The van der Waals surface area contributed by atoms with Crippen molar-refractivity contribution in [2.45, 2.75) is 44.6 Å². The van der Waals surface area contributed by atoms with E-state index in [1.165, 1.54) is 12.3 Å². The highest BCUT2D eigenvalue weighted by molar-refractivity contribution is 8.13. The van der Waals surface area contributed by atoms with E-state index in [0.717, 1.165) is 32.4 Å². The van der Waals surface area contributed by atoms with Crippen molar-refractivity contribution in [2.75, 3.05) is 13.1 Å². The summed E-state index contributed by atoms with van der Waals surface area (Å²) in [6.07, 6.45) is 4.38. The summed E-state index contributed by atoms with van der Waals surface area (Å²) < 4.78 is 24.7. The third-order valence-electron chi connectivity index (χ3n) is 3.78. The van der Waals surface area contributed by atoms with Crippen LogP contribution in [0.3, 0.4) is 0 Å². The molecule has 2 rings (SSSR count). The zero-order chi connectivity index (χ0) is 15.6. The standard InChI is InChI=1S/C14H21ClN2O3S/c1-3-6-16-10-12(21(15,19)20)8-13(16)14(18)17-7-4-5-11(2)9-17/h8,10-11H,3-7,9H2,1-2H3. The van der Waals surface area contributed by atoms with E-state index in [4.69, 9.17) is 10.7 Å². The smallest absolute Gasteiger partial charge is 0.270 e. The Kier molecular flexibility index (Phi) is 4.99. The lowest BCUT2D eigenvalue weighted by Gasteiger charge is -2.31. The lowest BCUT2D eigenvalue weighted by molar-refractivity contribution is 0.0672. The zero-order valence-corrected chi connectivity index (χ0v) is 14.0. The number of hydrogen-bond acceptors (Lipinski definition) is 3. The lowest BCUT2D eigenvalue weighted by atomic mass is 10.00. The Hall–Kier alpha value is -1.01. The molecule has 1 aromatic heterocycles. The van der Waals surface area contributed by atoms with Gasteiger partial charge in [-0.1, -0.05) is 13.8 Å². The van der Waals surface area contributed by atoms with Crippen LogP contribution < -0.4 is 0 Å². The van der Waals surface area contributed by atoms with Gasteiger partial charge in [0.2, 0.25) is 0 Å². The van der Waals surface area contributed by atoms with Crippen LogP contribution in [0.5, 0.6) is 0 Å². The van der Waals surface area contributed by atoms with Gasteiger partial charge in [0.15, 0.2) is 0 Å². The van der Waals surface area contributed by atoms with Gasteiger partial charge >= 0.3 is 0 Å². The molecule has 1 aromatic rings. The molecule has 1 atom stereocenters. The fourth-order valence-electron chi connectivity index (χ4n) is 2.76. The predicted molar refractivity (Wildman–Crippen MR) is 82.1 cm³/mol. The van der Waals surface area contributed by atoms with Gasteiger partial charge in [-0.05, 0) is 31.2 Å². The first-order chi connectivity index (χ1) is 9.82. The van der Waals surface area contributed by atoms with Crippen LogP contribution in [0.25, 0.3) is 0 Å². The van der Waals surface area contributed by atoms with E-state index < -0.39 is 9.05 Å². The van der Waals surface area contributed by atoms with Gasteiger partial charge in [0.25, 0.3) is 15.0 Å². The number of amides is 1. The molecule has 0 aromatic carbocycles. The molecule has 1 saturated heterocycles. The molecule has 7 heteroatoms. The maximum Gasteiger partial charge on any atom is 0.270 e. The summed E-state index contributed by atoms with van der Waals surface area (Å²) in [5.41, 5.74) is 0.408. The second-order valence-corrected chi connectivity index (χ2v) is 8.26. The minimum Gasteiger partial charge on any atom is -0.342 e. The van der Waals surface area contributed by atoms with Crippen LogP contribution in [-0.2, 0) is 15.6 Å². The van der Waals surface area contributed by atoms with Gasteiger partial charge in [0.1, 0.15) is 10.6 Å². The van der Waals surface area contributed by atoms with E-state index in [9.17, 15) is 13.2 Å². The average Bonchev–Trinajstić information content (AvgIpc) is 2.82. The van der Waals surface area contributed by atoms with Crippen molar-refractivity contribution in [3.63, 3.8) is 0 Å². The Labute approximate surface area is 130 Å². The van der Waals surface area contributed by atoms with E-state index >= 15 is 0 Å². The first-order valence-corrected chi connectivity index (χ1v) is 9.58. The van der Waals surface area contributed by atoms with Crippen LogP contribution in [0.15, 0.2) is 17.2 Å². The van der Waals surface area contributed by atoms with Crippen molar-refractivity contribution >= 4 is 25.6 Å². The van der Waals surface area contributed by atoms with Crippen LogP contribution in [0.4, 0.5) is 0 Å². The van der Waals surface area contributed by atoms with Crippen LogP contribution in [0, 0.1) is 5.92 Å². The van der Waals surface area contributed by atoms with E-state index in [0.29, 0.717) is 18.2 Å². The summed E-state index contributed by atoms with van der Waals surface area (Å²) in [6.45, 7) is 6.14. The van der Waals surface area contributed by atoms with E-state index in [1.807, 2.05) is 6.92 Å². The van der Waals surface area contributed by atoms with Crippen LogP contribution in [0.1, 0.15) is 43.6 Å². The maximum absolute atomic E-state index is 12.6. The second kappa shape index (κ2) is 6.40. The Bertz CT molecular complexity index is 624. The molecule has 0 aliphatic carbocycles. The Balaban J connectivity index is 2.32. The van der Waals surface area contributed by atoms with Crippen molar-refractivity contribution in [3.05, 3.63) is 18.0 Å². The summed E-state index contributed by atoms with van der Waals surface area (Å²) in [7, 11) is 1.57. The van der Waals surface area contributed by atoms with E-state index in [1.54, 1.807) is 9.47 Å². The number of nitrogens with zero attached hydrogens (tertiary/aromatic N) is 2. The number of likely N-dealkylation sites (tertiary alicyclic amines) is 1. The van der Waals surface area contributed by atoms with E-state index in [2.05, 4.69) is 6.92 Å². The molecule has 1 aliphatic heterocycles. The monoisotopic (exact) mass is 332 g/mol. The predicted octanol–water partition coefficient (Wildman–Crippen LogP) is 2.70. The van der Waals surface area contributed by atoms with Crippen molar-refractivity contribution in [1.82, 2.24) is 9.47 Å². The SMILES string of the molecule is CCCn1cc(S(=O)(=O)Cl)cc1C(=O)N1CCCC(C)C1. The van der Waals surface area contributed by atoms with Gasteiger partial charge < -0.3 is 9.47 Å². The summed E-state index contributed by atoms with van der Waals surface area (Å²) in [6, 6.07) is 1.39. The molecule has 0 radical (unpaired) electrons. The normalized spacial score (nSPS) is 19.8. The molecule has 0 N–H and O–H groups in total. The zero-order valence-electron chi connectivity index (χ0n) is 12.4. The molecule has 1 aliphatic rings. The van der Waals surface area contributed by atoms with Crippen LogP contribution >= 0.6 is 10.7 Å². The lowest BCUT2D eigenvalue weighted by Crippen LogP contribution is -2.39. The minimum absolute atomic E-state index is 0.00831. The number of carbonyl (C=O) groups excluding carboxylic acids is 1. The summed E-state index contributed by atoms with van der Waals surface area (Å²) >= 11 is 0. The van der Waals surface area contributed by atoms with Crippen molar-refractivity contribution in [1.29, 1.82) is 0 Å². The molecule has 1 unspecified atom stereocenters. The molecule has 1 amide bonds. The number of rotatable bonds is 4. The number of piperidine rings is 1. The van der Waals surface area contributed by atoms with Gasteiger partial charge in [0.05, 0.1) is 0 Å². The van der Waals surface area contributed by atoms with E-state index in [-0.39, 0.29) is 10.8 Å². The second-order valence-electron chi connectivity index (χ2n) is 5.69. The third-order valence-corrected chi connectivity index (χ3v) is 5.10. The Morgan fingerprint density at radius 1 is 1.48 bits per heavy atom. The third kappa shape index (κ3) is 3.80. The first kappa shape index (κ1) is 16.4. The molecule has 1 fully saturated rings. The molecule has 21 heavy (non-hydrogen) atoms. The molecule has 2 heterocycles. The average molecular weight is 333 g/mol. The maximum atomic E-state index is 12.6. The highest BCUT2D eigenvalue weighted by atomic mass is 35.7. The molecule has 0 bridgehead atoms. The Morgan fingerprint density at radius 3 is 2.76 bits per heavy atom. The van der Waals surface area contributed by atoms with Crippen molar-refractivity contribution < 1.29 is 13.2 Å². The molecule has 0 saturated carbocycles. The number of carbonyl (C=O) groups is 1. The molecule has 0 spiro atoms. The topological polar surface area (TPSA) is 59.4 Å². The quantitative estimate of drug-likeness (QED) is 0.796. The fourth-order valence-corrected chi connectivity index (χ4v) is 3.52. The van der Waals surface area contributed by atoms with Gasteiger partial charge in [-0.3, -0.25) is 4.79 Å². The van der Waals surface area contributed by atoms with Gasteiger partial charge in [-0.25, -0.2) is 8.42 Å². The molecular weight excluding hydrogens is 312 g/mol. The van der Waals surface area contributed by atoms with Crippen molar-refractivity contribution in [2.24, 2.45) is 5.92 Å². The van der Waals surface area contributed by atoms with Gasteiger partial charge in [-0.15, -0.1) is 0 Å². The van der Waals surface area contributed by atoms with Gasteiger partial charge in [-0.2, -0.15) is 0 Å². The highest BCUT2D eigenvalue weighted by Gasteiger charge is 2.26. The van der Waals surface area contributed by atoms with Crippen LogP contribution in [-0.4, -0.2) is 36.9 Å². The van der Waals surface area contributed by atoms with Gasteiger partial charge in [0, 0.05) is 36.5 Å². The molecular formula is C14H21ClN2O3S. The molecule has 5 nitrogen and oxygen atoms in total. The number of halogens is 1. The Morgan fingerprint density at radius 2 is 2.19 bits per heavy atom. The summed E-state index contributed by atoms with van der Waals surface area (Å²) in [5.74, 6) is 0.370.